The minimum atomic E-state index is -4.64. The molecule has 0 unspecified atom stereocenters. The van der Waals surface area contributed by atoms with Gasteiger partial charge in [-0.1, -0.05) is 57.9 Å². The second-order valence-electron chi connectivity index (χ2n) is 19.1. The van der Waals surface area contributed by atoms with Crippen LogP contribution in [0.4, 0.5) is 17.2 Å². The summed E-state index contributed by atoms with van der Waals surface area (Å²) in [4.78, 5) is 41.8. The van der Waals surface area contributed by atoms with Crippen LogP contribution in [0, 0.1) is 27.4 Å². The van der Waals surface area contributed by atoms with Gasteiger partial charge in [-0.3, -0.25) is 19.8 Å². The summed E-state index contributed by atoms with van der Waals surface area (Å²) in [6.45, 7) is 11.2. The minimum absolute atomic E-state index is 0.0214. The summed E-state index contributed by atoms with van der Waals surface area (Å²) >= 11 is 0. The van der Waals surface area contributed by atoms with E-state index in [0.717, 1.165) is 101 Å². The van der Waals surface area contributed by atoms with Crippen molar-refractivity contribution in [3.63, 3.8) is 0 Å². The highest BCUT2D eigenvalue weighted by atomic mass is 32.2. The number of aromatic nitrogens is 3. The van der Waals surface area contributed by atoms with E-state index < -0.39 is 31.4 Å². The third kappa shape index (κ3) is 9.42. The number of hydrogen-bond donors (Lipinski definition) is 3. The number of methoxy groups -OCH3 is 1. The summed E-state index contributed by atoms with van der Waals surface area (Å²) in [5.41, 5.74) is 3.82. The lowest BCUT2D eigenvalue weighted by atomic mass is 9.59. The number of pyridine rings is 2. The van der Waals surface area contributed by atoms with Crippen LogP contribution in [0.15, 0.2) is 78.0 Å². The number of benzene rings is 2. The summed E-state index contributed by atoms with van der Waals surface area (Å²) < 4.78 is 47.8. The van der Waals surface area contributed by atoms with Crippen molar-refractivity contribution >= 4 is 44.2 Å². The number of hydrogen-bond acceptors (Lipinski definition) is 13. The Morgan fingerprint density at radius 2 is 1.80 bits per heavy atom. The van der Waals surface area contributed by atoms with Gasteiger partial charge < -0.3 is 29.4 Å². The molecular weight excluding hydrogens is 861 g/mol. The molecular formula is C49H60N8O8S. The largest absolute Gasteiger partial charge is 0.478 e. The zero-order valence-electron chi connectivity index (χ0n) is 38.1. The lowest BCUT2D eigenvalue weighted by Crippen LogP contribution is -2.58. The average molecular weight is 921 g/mol. The molecule has 9 rings (SSSR count). The highest BCUT2D eigenvalue weighted by molar-refractivity contribution is 7.90. The van der Waals surface area contributed by atoms with Crippen molar-refractivity contribution in [1.82, 2.24) is 24.6 Å². The summed E-state index contributed by atoms with van der Waals surface area (Å²) in [6, 6.07) is 19.1. The number of carbonyl (C=O) groups is 1. The zero-order valence-corrected chi connectivity index (χ0v) is 38.9. The normalized spacial score (nSPS) is 21.4. The lowest BCUT2D eigenvalue weighted by molar-refractivity contribution is -0.384. The van der Waals surface area contributed by atoms with E-state index in [4.69, 9.17) is 14.2 Å². The number of piperidine rings is 1. The Morgan fingerprint density at radius 3 is 2.55 bits per heavy atom. The van der Waals surface area contributed by atoms with Gasteiger partial charge in [-0.2, -0.15) is 4.98 Å². The van der Waals surface area contributed by atoms with Crippen LogP contribution >= 0.6 is 0 Å². The number of nitro groups is 1. The predicted octanol–water partition coefficient (Wildman–Crippen LogP) is 8.97. The van der Waals surface area contributed by atoms with Gasteiger partial charge in [-0.25, -0.2) is 18.1 Å². The van der Waals surface area contributed by atoms with Crippen molar-refractivity contribution in [2.75, 3.05) is 56.7 Å². The van der Waals surface area contributed by atoms with Crippen molar-refractivity contribution < 1.29 is 32.3 Å². The molecule has 5 heterocycles. The number of aromatic amines is 1. The number of carbonyl (C=O) groups excluding carboxylic acids is 1. The van der Waals surface area contributed by atoms with E-state index in [2.05, 4.69) is 79.8 Å². The first kappa shape index (κ1) is 45.4. The highest BCUT2D eigenvalue weighted by Gasteiger charge is 2.49. The fourth-order valence-electron chi connectivity index (χ4n) is 10.6. The molecule has 1 spiro atoms. The SMILES string of the molecule is COc1nc2[nH]ccc2cc1Oc1cc(N2CCC3(CC2)CC(N2CCOC[C@H]2c2ccccc2C(C)C)C3)ccc1C(=O)NS(=O)(=O)c1cnc(NC[C@H]2CC[C@@H](C)CC2)c([N+](=O)[O-])c1. The van der Waals surface area contributed by atoms with Crippen LogP contribution in [0.2, 0.25) is 0 Å². The fraction of sp³-hybridized carbons (Fsp3) is 0.490. The molecule has 350 valence electrons. The smallest absolute Gasteiger partial charge is 0.312 e. The third-order valence-electron chi connectivity index (χ3n) is 14.5. The van der Waals surface area contributed by atoms with E-state index in [1.165, 1.54) is 18.2 Å². The molecule has 3 N–H and O–H groups in total. The molecule has 66 heavy (non-hydrogen) atoms. The van der Waals surface area contributed by atoms with Gasteiger partial charge >= 0.3 is 5.69 Å². The molecule has 4 fully saturated rings. The molecule has 4 aliphatic rings. The van der Waals surface area contributed by atoms with Gasteiger partial charge in [0.25, 0.3) is 21.8 Å². The van der Waals surface area contributed by atoms with Crippen molar-refractivity contribution in [2.24, 2.45) is 17.3 Å². The highest BCUT2D eigenvalue weighted by Crippen LogP contribution is 2.53. The summed E-state index contributed by atoms with van der Waals surface area (Å²) in [5.74, 6) is 0.878. The molecule has 5 aromatic rings. The van der Waals surface area contributed by atoms with E-state index in [0.29, 0.717) is 42.6 Å². The number of morpholine rings is 1. The van der Waals surface area contributed by atoms with Gasteiger partial charge in [-0.15, -0.1) is 0 Å². The van der Waals surface area contributed by atoms with Gasteiger partial charge in [0.15, 0.2) is 5.75 Å². The minimum Gasteiger partial charge on any atom is -0.478 e. The fourth-order valence-corrected chi connectivity index (χ4v) is 11.5. The molecule has 2 saturated heterocycles. The van der Waals surface area contributed by atoms with Crippen LogP contribution < -0.4 is 24.4 Å². The van der Waals surface area contributed by atoms with Gasteiger partial charge in [-0.05, 0) is 97.1 Å². The number of sulfonamides is 1. The Kier molecular flexibility index (Phi) is 13.0. The molecule has 3 aromatic heterocycles. The molecule has 2 aliphatic carbocycles. The first-order valence-corrected chi connectivity index (χ1v) is 24.7. The number of nitrogens with one attached hydrogen (secondary N) is 3. The average Bonchev–Trinajstić information content (AvgIpc) is 3.77. The molecule has 2 aromatic carbocycles. The monoisotopic (exact) mass is 920 g/mol. The number of anilines is 2. The van der Waals surface area contributed by atoms with Crippen LogP contribution in [0.3, 0.4) is 0 Å². The van der Waals surface area contributed by atoms with Crippen molar-refractivity contribution in [2.45, 2.75) is 95.0 Å². The Hall–Kier alpha value is -5.78. The first-order valence-electron chi connectivity index (χ1n) is 23.3. The second-order valence-corrected chi connectivity index (χ2v) is 20.8. The van der Waals surface area contributed by atoms with Gasteiger partial charge in [0.1, 0.15) is 16.3 Å². The number of ether oxygens (including phenoxy) is 3. The summed E-state index contributed by atoms with van der Waals surface area (Å²) in [5, 5.41) is 16.0. The van der Waals surface area contributed by atoms with Crippen LogP contribution in [-0.2, 0) is 14.8 Å². The quantitative estimate of drug-likeness (QED) is 0.0706. The molecule has 1 amide bonds. The lowest BCUT2D eigenvalue weighted by Gasteiger charge is -2.57. The van der Waals surface area contributed by atoms with Crippen LogP contribution in [0.25, 0.3) is 11.0 Å². The van der Waals surface area contributed by atoms with Gasteiger partial charge in [0.2, 0.25) is 5.82 Å². The van der Waals surface area contributed by atoms with Gasteiger partial charge in [0.05, 0.1) is 43.0 Å². The molecule has 17 heteroatoms. The van der Waals surface area contributed by atoms with E-state index in [9.17, 15) is 23.3 Å². The van der Waals surface area contributed by atoms with Crippen molar-refractivity contribution in [3.8, 4) is 17.4 Å². The standard InChI is InChI=1S/C49H60N8O8S/c1-31(2)38-7-5-6-8-39(38)42-30-64-22-21-56(42)36-26-49(27-36)16-19-55(20-17-49)35-13-14-40(43(24-35)65-44-23-34-15-18-50-45(34)53-48(44)63-4)47(58)54-66(61,62)37-25-41(57(59)60)46(52-29-37)51-28-33-11-9-32(3)10-12-33/h5-8,13-15,18,23-25,29,31-33,36,42H,9-12,16-17,19-22,26-28,30H2,1-4H3,(H,50,53)(H,51,52)(H,54,58)/t32-,33+,42-/m0/s1. The Balaban J connectivity index is 0.923. The summed E-state index contributed by atoms with van der Waals surface area (Å²) in [6.07, 6.45) is 11.2. The van der Waals surface area contributed by atoms with Crippen LogP contribution in [-0.4, -0.2) is 91.6 Å². The van der Waals surface area contributed by atoms with Gasteiger partial charge in [0, 0.05) is 61.6 Å². The van der Waals surface area contributed by atoms with Crippen LogP contribution in [0.5, 0.6) is 17.4 Å². The summed E-state index contributed by atoms with van der Waals surface area (Å²) in [7, 11) is -3.17. The molecule has 16 nitrogen and oxygen atoms in total. The molecule has 0 radical (unpaired) electrons. The zero-order chi connectivity index (χ0) is 46.2. The van der Waals surface area contributed by atoms with Crippen molar-refractivity contribution in [3.05, 3.63) is 99.9 Å². The molecule has 1 atom stereocenters. The van der Waals surface area contributed by atoms with E-state index in [1.807, 2.05) is 6.07 Å². The number of H-pyrrole nitrogens is 1. The maximum atomic E-state index is 14.1. The molecule has 0 bridgehead atoms. The number of fused-ring (bicyclic) bond motifs is 1. The maximum Gasteiger partial charge on any atom is 0.312 e. The second kappa shape index (κ2) is 18.8. The third-order valence-corrected chi connectivity index (χ3v) is 15.8. The Bertz CT molecular complexity index is 2680. The molecule has 2 aliphatic heterocycles. The number of amides is 1. The maximum absolute atomic E-state index is 14.1. The Morgan fingerprint density at radius 1 is 1.03 bits per heavy atom. The molecule has 2 saturated carbocycles. The van der Waals surface area contributed by atoms with E-state index in [-0.39, 0.29) is 40.2 Å². The number of nitrogens with zero attached hydrogens (tertiary/aromatic N) is 5. The van der Waals surface area contributed by atoms with Crippen LogP contribution in [0.1, 0.15) is 106 Å². The Labute approximate surface area is 386 Å². The predicted molar refractivity (Wildman–Crippen MR) is 252 cm³/mol. The van der Waals surface area contributed by atoms with E-state index >= 15 is 0 Å². The topological polar surface area (TPSA) is 194 Å². The van der Waals surface area contributed by atoms with Crippen molar-refractivity contribution in [1.29, 1.82) is 0 Å². The van der Waals surface area contributed by atoms with E-state index in [1.54, 1.807) is 30.5 Å². The first-order chi connectivity index (χ1) is 31.8. The number of rotatable bonds is 14.